The number of hydrogen-bond acceptors (Lipinski definition) is 6. The normalized spacial score (nSPS) is 22.0. The Morgan fingerprint density at radius 2 is 2.24 bits per heavy atom. The fraction of sp³-hybridized carbons (Fsp3) is 0.500. The maximum atomic E-state index is 14.8. The Hall–Kier alpha value is -0.830. The van der Waals surface area contributed by atoms with Gasteiger partial charge in [0.25, 0.3) is 0 Å². The first-order chi connectivity index (χ1) is 12.0. The number of nitrogens with one attached hydrogen (secondary N) is 1. The Morgan fingerprint density at radius 3 is 2.84 bits per heavy atom. The lowest BCUT2D eigenvalue weighted by molar-refractivity contribution is 0.188. The van der Waals surface area contributed by atoms with Crippen LogP contribution in [0.25, 0.3) is 10.9 Å². The highest BCUT2D eigenvalue weighted by Gasteiger charge is 2.39. The average Bonchev–Trinajstić information content (AvgIpc) is 2.60. The maximum absolute atomic E-state index is 14.8. The van der Waals surface area contributed by atoms with Gasteiger partial charge in [0.2, 0.25) is 0 Å². The van der Waals surface area contributed by atoms with Crippen molar-refractivity contribution >= 4 is 56.0 Å². The SMILES string of the molecule is CCC1(CN2COc3c(Cl)c(Br)c(F)c4nc(SC)nc2c34)CCN1. The molecule has 0 saturated carbocycles. The minimum Gasteiger partial charge on any atom is -0.471 e. The monoisotopic (exact) mass is 446 g/mol. The number of nitrogens with zero attached hydrogens (tertiary/aromatic N) is 3. The van der Waals surface area contributed by atoms with E-state index < -0.39 is 5.82 Å². The van der Waals surface area contributed by atoms with E-state index in [4.69, 9.17) is 16.3 Å². The lowest BCUT2D eigenvalue weighted by Gasteiger charge is -2.46. The number of rotatable bonds is 4. The van der Waals surface area contributed by atoms with Crippen molar-refractivity contribution < 1.29 is 9.13 Å². The van der Waals surface area contributed by atoms with Gasteiger partial charge in [-0.1, -0.05) is 30.3 Å². The molecule has 1 N–H and O–H groups in total. The van der Waals surface area contributed by atoms with E-state index in [1.807, 2.05) is 6.26 Å². The second-order valence-electron chi connectivity index (χ2n) is 6.31. The summed E-state index contributed by atoms with van der Waals surface area (Å²) in [4.78, 5) is 11.1. The minimum absolute atomic E-state index is 0.0510. The van der Waals surface area contributed by atoms with Crippen molar-refractivity contribution in [2.75, 3.05) is 31.0 Å². The number of anilines is 1. The molecule has 5 nitrogen and oxygen atoms in total. The third kappa shape index (κ3) is 2.69. The molecule has 4 rings (SSSR count). The molecule has 1 aromatic heterocycles. The van der Waals surface area contributed by atoms with E-state index in [0.29, 0.717) is 28.8 Å². The molecule has 0 radical (unpaired) electrons. The van der Waals surface area contributed by atoms with E-state index in [0.717, 1.165) is 25.9 Å². The molecule has 25 heavy (non-hydrogen) atoms. The summed E-state index contributed by atoms with van der Waals surface area (Å²) in [5.41, 5.74) is 0.285. The van der Waals surface area contributed by atoms with E-state index in [1.165, 1.54) is 11.8 Å². The predicted octanol–water partition coefficient (Wildman–Crippen LogP) is 4.21. The van der Waals surface area contributed by atoms with Crippen LogP contribution in [0.2, 0.25) is 5.02 Å². The molecule has 1 unspecified atom stereocenters. The van der Waals surface area contributed by atoms with Crippen LogP contribution in [0.1, 0.15) is 19.8 Å². The summed E-state index contributed by atoms with van der Waals surface area (Å²) in [6.07, 6.45) is 3.99. The highest BCUT2D eigenvalue weighted by molar-refractivity contribution is 9.10. The lowest BCUT2D eigenvalue weighted by atomic mass is 9.84. The molecule has 1 atom stereocenters. The number of hydrogen-bond donors (Lipinski definition) is 1. The van der Waals surface area contributed by atoms with Crippen molar-refractivity contribution in [2.45, 2.75) is 30.5 Å². The second-order valence-corrected chi connectivity index (χ2v) is 8.25. The Morgan fingerprint density at radius 1 is 1.48 bits per heavy atom. The zero-order chi connectivity index (χ0) is 17.8. The zero-order valence-electron chi connectivity index (χ0n) is 13.8. The smallest absolute Gasteiger partial charge is 0.189 e. The van der Waals surface area contributed by atoms with Gasteiger partial charge in [0.15, 0.2) is 23.5 Å². The van der Waals surface area contributed by atoms with Gasteiger partial charge >= 0.3 is 0 Å². The van der Waals surface area contributed by atoms with Gasteiger partial charge in [-0.05, 0) is 41.6 Å². The van der Waals surface area contributed by atoms with Crippen LogP contribution in [-0.2, 0) is 0 Å². The van der Waals surface area contributed by atoms with Crippen LogP contribution < -0.4 is 15.0 Å². The zero-order valence-corrected chi connectivity index (χ0v) is 17.0. The van der Waals surface area contributed by atoms with Gasteiger partial charge < -0.3 is 15.0 Å². The molecule has 1 saturated heterocycles. The van der Waals surface area contributed by atoms with Crippen molar-refractivity contribution in [3.63, 3.8) is 0 Å². The van der Waals surface area contributed by atoms with Crippen LogP contribution in [0.4, 0.5) is 10.2 Å². The Labute approximate surface area is 162 Å². The van der Waals surface area contributed by atoms with Gasteiger partial charge in [-0.15, -0.1) is 0 Å². The van der Waals surface area contributed by atoms with E-state index >= 15 is 0 Å². The van der Waals surface area contributed by atoms with Gasteiger partial charge in [-0.2, -0.15) is 0 Å². The fourth-order valence-electron chi connectivity index (χ4n) is 3.38. The largest absolute Gasteiger partial charge is 0.471 e. The van der Waals surface area contributed by atoms with Gasteiger partial charge in [0, 0.05) is 12.1 Å². The van der Waals surface area contributed by atoms with Crippen LogP contribution in [0, 0.1) is 5.82 Å². The number of aromatic nitrogens is 2. The molecule has 0 amide bonds. The van der Waals surface area contributed by atoms with Crippen LogP contribution >= 0.6 is 39.3 Å². The van der Waals surface area contributed by atoms with E-state index in [-0.39, 0.29) is 20.6 Å². The third-order valence-electron chi connectivity index (χ3n) is 5.01. The van der Waals surface area contributed by atoms with Gasteiger partial charge in [-0.25, -0.2) is 14.4 Å². The molecule has 2 aromatic rings. The average molecular weight is 448 g/mol. The van der Waals surface area contributed by atoms with Crippen molar-refractivity contribution in [1.82, 2.24) is 15.3 Å². The van der Waals surface area contributed by atoms with Crippen LogP contribution in [0.5, 0.6) is 5.75 Å². The van der Waals surface area contributed by atoms with Gasteiger partial charge in [0.05, 0.1) is 9.86 Å². The summed E-state index contributed by atoms with van der Waals surface area (Å²) >= 11 is 10.9. The summed E-state index contributed by atoms with van der Waals surface area (Å²) in [5.74, 6) is 0.640. The van der Waals surface area contributed by atoms with E-state index in [2.05, 4.69) is 43.0 Å². The predicted molar refractivity (Wildman–Crippen MR) is 102 cm³/mol. The first-order valence-corrected chi connectivity index (χ1v) is 10.4. The van der Waals surface area contributed by atoms with Gasteiger partial charge in [0.1, 0.15) is 16.4 Å². The highest BCUT2D eigenvalue weighted by atomic mass is 79.9. The summed E-state index contributed by atoms with van der Waals surface area (Å²) in [6, 6.07) is 0. The van der Waals surface area contributed by atoms with Gasteiger partial charge in [-0.3, -0.25) is 0 Å². The molecule has 3 heterocycles. The molecule has 1 aromatic carbocycles. The molecule has 134 valence electrons. The van der Waals surface area contributed by atoms with E-state index in [9.17, 15) is 4.39 Å². The summed E-state index contributed by atoms with van der Waals surface area (Å²) < 4.78 is 20.9. The Balaban J connectivity index is 1.91. The number of ether oxygens (including phenoxy) is 1. The van der Waals surface area contributed by atoms with Crippen LogP contribution in [0.3, 0.4) is 0 Å². The maximum Gasteiger partial charge on any atom is 0.189 e. The van der Waals surface area contributed by atoms with E-state index in [1.54, 1.807) is 0 Å². The molecule has 0 bridgehead atoms. The standard InChI is InChI=1S/C16H17BrClFN4OS/c1-3-16(4-5-20-16)6-23-7-24-13-8-12(11(19)9(17)10(13)18)21-15(25-2)22-14(8)23/h20H,3-7H2,1-2H3. The van der Waals surface area contributed by atoms with Crippen molar-refractivity contribution in [1.29, 1.82) is 0 Å². The third-order valence-corrected chi connectivity index (χ3v) is 6.89. The second kappa shape index (κ2) is 6.40. The van der Waals surface area contributed by atoms with Crippen molar-refractivity contribution in [2.24, 2.45) is 0 Å². The number of thioether (sulfide) groups is 1. The quantitative estimate of drug-likeness (QED) is 0.430. The molecule has 2 aliphatic rings. The first-order valence-electron chi connectivity index (χ1n) is 8.04. The van der Waals surface area contributed by atoms with Crippen molar-refractivity contribution in [3.8, 4) is 5.75 Å². The molecule has 9 heteroatoms. The Bertz CT molecular complexity index is 859. The topological polar surface area (TPSA) is 50.3 Å². The minimum atomic E-state index is -0.486. The van der Waals surface area contributed by atoms with Crippen LogP contribution in [-0.4, -0.2) is 41.6 Å². The lowest BCUT2D eigenvalue weighted by Crippen LogP contribution is -2.63. The first kappa shape index (κ1) is 17.6. The molecule has 1 fully saturated rings. The van der Waals surface area contributed by atoms with Crippen LogP contribution in [0.15, 0.2) is 9.63 Å². The fourth-order valence-corrected chi connectivity index (χ4v) is 4.34. The molecule has 0 spiro atoms. The molecular formula is C16H17BrClFN4OS. The molecule has 2 aliphatic heterocycles. The number of benzene rings is 1. The number of halogens is 3. The highest BCUT2D eigenvalue weighted by Crippen LogP contribution is 2.47. The summed E-state index contributed by atoms with van der Waals surface area (Å²) in [6.45, 7) is 4.26. The van der Waals surface area contributed by atoms with Crippen molar-refractivity contribution in [3.05, 3.63) is 15.3 Å². The summed E-state index contributed by atoms with van der Waals surface area (Å²) in [5, 5.41) is 4.81. The Kier molecular flexibility index (Phi) is 4.50. The molecular weight excluding hydrogens is 431 g/mol. The summed E-state index contributed by atoms with van der Waals surface area (Å²) in [7, 11) is 0. The molecule has 0 aliphatic carbocycles.